The first kappa shape index (κ1) is 17.0. The SMILES string of the molecule is Cc1ccccc1C(=O)N/N=C/c1cc(Cl)ccc1OC(C)C. The highest BCUT2D eigenvalue weighted by atomic mass is 35.5. The van der Waals surface area contributed by atoms with Crippen LogP contribution < -0.4 is 10.2 Å². The third-order valence-electron chi connectivity index (χ3n) is 3.09. The quantitative estimate of drug-likeness (QED) is 0.660. The molecule has 0 radical (unpaired) electrons. The number of benzene rings is 2. The van der Waals surface area contributed by atoms with Crippen molar-refractivity contribution in [1.82, 2.24) is 5.43 Å². The van der Waals surface area contributed by atoms with Crippen LogP contribution in [0.25, 0.3) is 0 Å². The molecular weight excluding hydrogens is 312 g/mol. The highest BCUT2D eigenvalue weighted by molar-refractivity contribution is 6.30. The predicted molar refractivity (Wildman–Crippen MR) is 93.5 cm³/mol. The number of nitrogens with zero attached hydrogens (tertiary/aromatic N) is 1. The Morgan fingerprint density at radius 3 is 2.70 bits per heavy atom. The van der Waals surface area contributed by atoms with Crippen LogP contribution in [0.3, 0.4) is 0 Å². The molecule has 0 spiro atoms. The molecule has 0 saturated carbocycles. The molecule has 0 saturated heterocycles. The van der Waals surface area contributed by atoms with Gasteiger partial charge in [-0.1, -0.05) is 29.8 Å². The van der Waals surface area contributed by atoms with E-state index in [9.17, 15) is 4.79 Å². The summed E-state index contributed by atoms with van der Waals surface area (Å²) < 4.78 is 5.70. The second-order valence-corrected chi connectivity index (χ2v) is 5.80. The van der Waals surface area contributed by atoms with E-state index in [0.717, 1.165) is 5.56 Å². The molecule has 2 aromatic rings. The van der Waals surface area contributed by atoms with E-state index in [2.05, 4.69) is 10.5 Å². The number of amides is 1. The van der Waals surface area contributed by atoms with Gasteiger partial charge in [0.05, 0.1) is 12.3 Å². The summed E-state index contributed by atoms with van der Waals surface area (Å²) in [6.07, 6.45) is 1.56. The first-order chi connectivity index (χ1) is 11.0. The first-order valence-corrected chi connectivity index (χ1v) is 7.70. The average Bonchev–Trinajstić information content (AvgIpc) is 2.50. The van der Waals surface area contributed by atoms with Crippen molar-refractivity contribution in [2.24, 2.45) is 5.10 Å². The van der Waals surface area contributed by atoms with Gasteiger partial charge in [-0.2, -0.15) is 5.10 Å². The molecule has 2 rings (SSSR count). The molecule has 0 atom stereocenters. The summed E-state index contributed by atoms with van der Waals surface area (Å²) in [5, 5.41) is 4.58. The van der Waals surface area contributed by atoms with Gasteiger partial charge in [0.25, 0.3) is 5.91 Å². The van der Waals surface area contributed by atoms with Gasteiger partial charge in [0.1, 0.15) is 5.75 Å². The number of carbonyl (C=O) groups excluding carboxylic acids is 1. The Bertz CT molecular complexity index is 727. The molecule has 5 heteroatoms. The summed E-state index contributed by atoms with van der Waals surface area (Å²) in [7, 11) is 0. The molecule has 0 heterocycles. The van der Waals surface area contributed by atoms with Crippen molar-refractivity contribution >= 4 is 23.7 Å². The van der Waals surface area contributed by atoms with Crippen LogP contribution in [0.4, 0.5) is 0 Å². The third-order valence-corrected chi connectivity index (χ3v) is 3.33. The number of carbonyl (C=O) groups is 1. The number of ether oxygens (including phenoxy) is 1. The summed E-state index contributed by atoms with van der Waals surface area (Å²) >= 11 is 6.01. The molecule has 2 aromatic carbocycles. The minimum absolute atomic E-state index is 0.0323. The van der Waals surface area contributed by atoms with E-state index in [4.69, 9.17) is 16.3 Å². The maximum atomic E-state index is 12.1. The lowest BCUT2D eigenvalue weighted by molar-refractivity contribution is 0.0954. The normalized spacial score (nSPS) is 11.0. The van der Waals surface area contributed by atoms with E-state index in [1.54, 1.807) is 24.3 Å². The van der Waals surface area contributed by atoms with E-state index in [-0.39, 0.29) is 12.0 Å². The number of halogens is 1. The van der Waals surface area contributed by atoms with Gasteiger partial charge in [0.15, 0.2) is 0 Å². The maximum Gasteiger partial charge on any atom is 0.271 e. The second-order valence-electron chi connectivity index (χ2n) is 5.36. The fourth-order valence-electron chi connectivity index (χ4n) is 2.03. The van der Waals surface area contributed by atoms with E-state index >= 15 is 0 Å². The second kappa shape index (κ2) is 7.79. The molecule has 1 N–H and O–H groups in total. The third kappa shape index (κ3) is 4.83. The number of aryl methyl sites for hydroxylation is 1. The van der Waals surface area contributed by atoms with Crippen molar-refractivity contribution < 1.29 is 9.53 Å². The van der Waals surface area contributed by atoms with E-state index in [1.807, 2.05) is 39.0 Å². The monoisotopic (exact) mass is 330 g/mol. The summed E-state index contributed by atoms with van der Waals surface area (Å²) in [6, 6.07) is 12.6. The largest absolute Gasteiger partial charge is 0.490 e. The molecule has 4 nitrogen and oxygen atoms in total. The van der Waals surface area contributed by atoms with Crippen LogP contribution in [0, 0.1) is 6.92 Å². The zero-order chi connectivity index (χ0) is 16.8. The minimum atomic E-state index is -0.257. The Hall–Kier alpha value is -2.33. The van der Waals surface area contributed by atoms with Crippen LogP contribution in [0.2, 0.25) is 5.02 Å². The van der Waals surface area contributed by atoms with E-state index < -0.39 is 0 Å². The van der Waals surface area contributed by atoms with Crippen LogP contribution in [0.5, 0.6) is 5.75 Å². The van der Waals surface area contributed by atoms with Gasteiger partial charge in [-0.25, -0.2) is 5.43 Å². The number of hydrazone groups is 1. The lowest BCUT2D eigenvalue weighted by Crippen LogP contribution is -2.18. The summed E-state index contributed by atoms with van der Waals surface area (Å²) in [4.78, 5) is 12.1. The van der Waals surface area contributed by atoms with Crippen LogP contribution in [0.1, 0.15) is 35.3 Å². The molecule has 0 aromatic heterocycles. The Balaban J connectivity index is 2.13. The van der Waals surface area contributed by atoms with Gasteiger partial charge in [-0.05, 0) is 50.6 Å². The fraction of sp³-hybridized carbons (Fsp3) is 0.222. The predicted octanol–water partition coefficient (Wildman–Crippen LogP) is 4.20. The van der Waals surface area contributed by atoms with E-state index in [0.29, 0.717) is 21.9 Å². The van der Waals surface area contributed by atoms with Crippen molar-refractivity contribution in [2.75, 3.05) is 0 Å². The number of rotatable bonds is 5. The standard InChI is InChI=1S/C18H19ClN2O2/c1-12(2)23-17-9-8-15(19)10-14(17)11-20-21-18(22)16-7-5-4-6-13(16)3/h4-12H,1-3H3,(H,21,22)/b20-11+. The van der Waals surface area contributed by atoms with Crippen molar-refractivity contribution in [1.29, 1.82) is 0 Å². The van der Waals surface area contributed by atoms with Crippen molar-refractivity contribution in [3.05, 3.63) is 64.2 Å². The van der Waals surface area contributed by atoms with Crippen LogP contribution >= 0.6 is 11.6 Å². The molecule has 0 bridgehead atoms. The average molecular weight is 331 g/mol. The highest BCUT2D eigenvalue weighted by Crippen LogP contribution is 2.22. The number of nitrogens with one attached hydrogen (secondary N) is 1. The fourth-order valence-corrected chi connectivity index (χ4v) is 2.21. The lowest BCUT2D eigenvalue weighted by atomic mass is 10.1. The zero-order valence-corrected chi connectivity index (χ0v) is 14.1. The molecule has 1 amide bonds. The Morgan fingerprint density at radius 2 is 2.00 bits per heavy atom. The van der Waals surface area contributed by atoms with E-state index in [1.165, 1.54) is 6.21 Å². The lowest BCUT2D eigenvalue weighted by Gasteiger charge is -2.12. The van der Waals surface area contributed by atoms with Gasteiger partial charge >= 0.3 is 0 Å². The molecule has 0 aliphatic rings. The summed E-state index contributed by atoms with van der Waals surface area (Å²) in [5.41, 5.74) is 4.71. The molecular formula is C18H19ClN2O2. The van der Waals surface area contributed by atoms with Gasteiger partial charge in [0, 0.05) is 16.1 Å². The molecule has 0 fully saturated rings. The van der Waals surface area contributed by atoms with Crippen molar-refractivity contribution in [3.8, 4) is 5.75 Å². The van der Waals surface area contributed by atoms with Crippen molar-refractivity contribution in [3.63, 3.8) is 0 Å². The van der Waals surface area contributed by atoms with Crippen LogP contribution in [0.15, 0.2) is 47.6 Å². The van der Waals surface area contributed by atoms with Gasteiger partial charge < -0.3 is 4.74 Å². The topological polar surface area (TPSA) is 50.7 Å². The highest BCUT2D eigenvalue weighted by Gasteiger charge is 2.08. The smallest absolute Gasteiger partial charge is 0.271 e. The molecule has 0 aliphatic heterocycles. The number of hydrogen-bond donors (Lipinski definition) is 1. The van der Waals surface area contributed by atoms with Crippen LogP contribution in [-0.2, 0) is 0 Å². The van der Waals surface area contributed by atoms with Crippen LogP contribution in [-0.4, -0.2) is 18.2 Å². The van der Waals surface area contributed by atoms with Crippen molar-refractivity contribution in [2.45, 2.75) is 26.9 Å². The van der Waals surface area contributed by atoms with Gasteiger partial charge in [0.2, 0.25) is 0 Å². The van der Waals surface area contributed by atoms with Gasteiger partial charge in [-0.3, -0.25) is 4.79 Å². The minimum Gasteiger partial charge on any atom is -0.490 e. The number of hydrogen-bond acceptors (Lipinski definition) is 3. The first-order valence-electron chi connectivity index (χ1n) is 7.32. The Morgan fingerprint density at radius 1 is 1.26 bits per heavy atom. The molecule has 0 aliphatic carbocycles. The molecule has 23 heavy (non-hydrogen) atoms. The summed E-state index contributed by atoms with van der Waals surface area (Å²) in [5.74, 6) is 0.408. The molecule has 0 unspecified atom stereocenters. The Kier molecular flexibility index (Phi) is 5.77. The maximum absolute atomic E-state index is 12.1. The molecule has 120 valence electrons. The summed E-state index contributed by atoms with van der Waals surface area (Å²) in [6.45, 7) is 5.76. The Labute approximate surface area is 141 Å². The van der Waals surface area contributed by atoms with Gasteiger partial charge in [-0.15, -0.1) is 0 Å². The zero-order valence-electron chi connectivity index (χ0n) is 13.3.